The number of rotatable bonds is 4. The standard InChI is InChI=1S/C14H13ClN2O2/c15-11-5-3-10(4-6-11)13-12(2-1-7-16-13)14(19)17-8-9-18/h1-7,18H,8-9H2,(H,17,19). The van der Waals surface area contributed by atoms with Crippen LogP contribution in [0.25, 0.3) is 11.3 Å². The minimum Gasteiger partial charge on any atom is -0.395 e. The molecule has 2 rings (SSSR count). The van der Waals surface area contributed by atoms with E-state index in [-0.39, 0.29) is 19.1 Å². The minimum absolute atomic E-state index is 0.0950. The molecule has 0 saturated carbocycles. The zero-order valence-electron chi connectivity index (χ0n) is 10.1. The van der Waals surface area contributed by atoms with Crippen molar-refractivity contribution in [1.82, 2.24) is 10.3 Å². The lowest BCUT2D eigenvalue weighted by Gasteiger charge is -2.08. The highest BCUT2D eigenvalue weighted by atomic mass is 35.5. The number of aromatic nitrogens is 1. The number of pyridine rings is 1. The summed E-state index contributed by atoms with van der Waals surface area (Å²) < 4.78 is 0. The first kappa shape index (κ1) is 13.5. The summed E-state index contributed by atoms with van der Waals surface area (Å²) >= 11 is 5.84. The smallest absolute Gasteiger partial charge is 0.253 e. The summed E-state index contributed by atoms with van der Waals surface area (Å²) in [4.78, 5) is 16.2. The molecule has 2 N–H and O–H groups in total. The van der Waals surface area contributed by atoms with Gasteiger partial charge in [0.1, 0.15) is 0 Å². The highest BCUT2D eigenvalue weighted by Gasteiger charge is 2.12. The van der Waals surface area contributed by atoms with Crippen LogP contribution in [-0.4, -0.2) is 29.1 Å². The van der Waals surface area contributed by atoms with Gasteiger partial charge in [-0.15, -0.1) is 0 Å². The number of carbonyl (C=O) groups is 1. The van der Waals surface area contributed by atoms with Crippen molar-refractivity contribution in [2.45, 2.75) is 0 Å². The van der Waals surface area contributed by atoms with E-state index in [4.69, 9.17) is 16.7 Å². The average Bonchev–Trinajstić information content (AvgIpc) is 2.45. The van der Waals surface area contributed by atoms with Gasteiger partial charge >= 0.3 is 0 Å². The summed E-state index contributed by atoms with van der Waals surface area (Å²) in [6.07, 6.45) is 1.63. The maximum Gasteiger partial charge on any atom is 0.253 e. The fourth-order valence-electron chi connectivity index (χ4n) is 1.69. The zero-order chi connectivity index (χ0) is 13.7. The molecule has 0 spiro atoms. The predicted molar refractivity (Wildman–Crippen MR) is 74.1 cm³/mol. The largest absolute Gasteiger partial charge is 0.395 e. The fourth-order valence-corrected chi connectivity index (χ4v) is 1.82. The Morgan fingerprint density at radius 3 is 2.68 bits per heavy atom. The molecule has 0 bridgehead atoms. The molecule has 1 aromatic carbocycles. The topological polar surface area (TPSA) is 62.2 Å². The van der Waals surface area contributed by atoms with Crippen molar-refractivity contribution in [3.05, 3.63) is 53.2 Å². The molecule has 0 unspecified atom stereocenters. The van der Waals surface area contributed by atoms with Gasteiger partial charge in [0.05, 0.1) is 17.9 Å². The molecule has 0 atom stereocenters. The van der Waals surface area contributed by atoms with Crippen molar-refractivity contribution < 1.29 is 9.90 Å². The minimum atomic E-state index is -0.257. The molecule has 0 aliphatic heterocycles. The van der Waals surface area contributed by atoms with E-state index in [1.54, 1.807) is 30.5 Å². The number of nitrogens with zero attached hydrogens (tertiary/aromatic N) is 1. The van der Waals surface area contributed by atoms with Gasteiger partial charge in [-0.1, -0.05) is 23.7 Å². The van der Waals surface area contributed by atoms with Crippen LogP contribution in [0.15, 0.2) is 42.6 Å². The molecule has 1 heterocycles. The Balaban J connectivity index is 2.35. The number of carbonyl (C=O) groups excluding carboxylic acids is 1. The summed E-state index contributed by atoms with van der Waals surface area (Å²) in [6, 6.07) is 10.5. The van der Waals surface area contributed by atoms with Gasteiger partial charge in [-0.25, -0.2) is 0 Å². The van der Waals surface area contributed by atoms with Gasteiger partial charge in [0.2, 0.25) is 0 Å². The van der Waals surface area contributed by atoms with Crippen LogP contribution >= 0.6 is 11.6 Å². The van der Waals surface area contributed by atoms with Crippen molar-refractivity contribution in [3.8, 4) is 11.3 Å². The molecule has 0 fully saturated rings. The first-order chi connectivity index (χ1) is 9.22. The number of benzene rings is 1. The van der Waals surface area contributed by atoms with Crippen LogP contribution in [0.4, 0.5) is 0 Å². The molecule has 1 aromatic heterocycles. The number of halogens is 1. The number of nitrogens with one attached hydrogen (secondary N) is 1. The Kier molecular flexibility index (Phi) is 4.49. The number of aliphatic hydroxyl groups is 1. The van der Waals surface area contributed by atoms with Gasteiger partial charge in [0.15, 0.2) is 0 Å². The lowest BCUT2D eigenvalue weighted by atomic mass is 10.1. The van der Waals surface area contributed by atoms with Crippen LogP contribution in [0.1, 0.15) is 10.4 Å². The molecular weight excluding hydrogens is 264 g/mol. The van der Waals surface area contributed by atoms with Gasteiger partial charge in [-0.2, -0.15) is 0 Å². The number of hydrogen-bond donors (Lipinski definition) is 2. The Morgan fingerprint density at radius 2 is 2.00 bits per heavy atom. The molecule has 5 heteroatoms. The van der Waals surface area contributed by atoms with Gasteiger partial charge in [0, 0.05) is 23.3 Å². The lowest BCUT2D eigenvalue weighted by Crippen LogP contribution is -2.27. The van der Waals surface area contributed by atoms with Crippen molar-refractivity contribution in [2.24, 2.45) is 0 Å². The van der Waals surface area contributed by atoms with Gasteiger partial charge in [-0.05, 0) is 24.3 Å². The van der Waals surface area contributed by atoms with E-state index in [9.17, 15) is 4.79 Å². The molecular formula is C14H13ClN2O2. The molecule has 4 nitrogen and oxygen atoms in total. The van der Waals surface area contributed by atoms with Gasteiger partial charge < -0.3 is 10.4 Å². The molecule has 98 valence electrons. The third-order valence-electron chi connectivity index (χ3n) is 2.57. The fraction of sp³-hybridized carbons (Fsp3) is 0.143. The van der Waals surface area contributed by atoms with Crippen LogP contribution in [0.2, 0.25) is 5.02 Å². The highest BCUT2D eigenvalue weighted by molar-refractivity contribution is 6.30. The Labute approximate surface area is 116 Å². The van der Waals surface area contributed by atoms with E-state index in [2.05, 4.69) is 10.3 Å². The Hall–Kier alpha value is -1.91. The maximum atomic E-state index is 12.0. The van der Waals surface area contributed by atoms with E-state index in [0.29, 0.717) is 16.3 Å². The van der Waals surface area contributed by atoms with E-state index >= 15 is 0 Å². The molecule has 19 heavy (non-hydrogen) atoms. The summed E-state index contributed by atoms with van der Waals surface area (Å²) in [5, 5.41) is 12.0. The van der Waals surface area contributed by atoms with E-state index in [0.717, 1.165) is 5.56 Å². The summed E-state index contributed by atoms with van der Waals surface area (Å²) in [5.74, 6) is -0.257. The Morgan fingerprint density at radius 1 is 1.26 bits per heavy atom. The first-order valence-electron chi connectivity index (χ1n) is 5.82. The van der Waals surface area contributed by atoms with E-state index in [1.807, 2.05) is 12.1 Å². The van der Waals surface area contributed by atoms with Crippen LogP contribution in [0.3, 0.4) is 0 Å². The molecule has 0 aliphatic rings. The SMILES string of the molecule is O=C(NCCO)c1cccnc1-c1ccc(Cl)cc1. The number of hydrogen-bond acceptors (Lipinski definition) is 3. The highest BCUT2D eigenvalue weighted by Crippen LogP contribution is 2.22. The molecule has 0 saturated heterocycles. The van der Waals surface area contributed by atoms with E-state index in [1.165, 1.54) is 0 Å². The Bertz CT molecular complexity index is 570. The third kappa shape index (κ3) is 3.30. The average molecular weight is 277 g/mol. The van der Waals surface area contributed by atoms with Crippen LogP contribution < -0.4 is 5.32 Å². The first-order valence-corrected chi connectivity index (χ1v) is 6.20. The molecule has 0 radical (unpaired) electrons. The van der Waals surface area contributed by atoms with Crippen molar-refractivity contribution >= 4 is 17.5 Å². The van der Waals surface area contributed by atoms with Crippen molar-refractivity contribution in [1.29, 1.82) is 0 Å². The third-order valence-corrected chi connectivity index (χ3v) is 2.82. The second-order valence-electron chi connectivity index (χ2n) is 3.89. The summed E-state index contributed by atoms with van der Waals surface area (Å²) in [5.41, 5.74) is 1.88. The monoisotopic (exact) mass is 276 g/mol. The van der Waals surface area contributed by atoms with Crippen LogP contribution in [0, 0.1) is 0 Å². The quantitative estimate of drug-likeness (QED) is 0.899. The maximum absolute atomic E-state index is 12.0. The lowest BCUT2D eigenvalue weighted by molar-refractivity contribution is 0.0945. The summed E-state index contributed by atoms with van der Waals surface area (Å²) in [6.45, 7) is 0.121. The zero-order valence-corrected chi connectivity index (χ0v) is 10.9. The number of aliphatic hydroxyl groups excluding tert-OH is 1. The van der Waals surface area contributed by atoms with Gasteiger partial charge in [0.25, 0.3) is 5.91 Å². The van der Waals surface area contributed by atoms with Crippen LogP contribution in [0.5, 0.6) is 0 Å². The number of amides is 1. The van der Waals surface area contributed by atoms with Crippen molar-refractivity contribution in [3.63, 3.8) is 0 Å². The molecule has 2 aromatic rings. The second-order valence-corrected chi connectivity index (χ2v) is 4.32. The van der Waals surface area contributed by atoms with Crippen LogP contribution in [-0.2, 0) is 0 Å². The predicted octanol–water partition coefficient (Wildman–Crippen LogP) is 2.12. The normalized spacial score (nSPS) is 10.2. The molecule has 0 aliphatic carbocycles. The van der Waals surface area contributed by atoms with E-state index < -0.39 is 0 Å². The van der Waals surface area contributed by atoms with Gasteiger partial charge in [-0.3, -0.25) is 9.78 Å². The second kappa shape index (κ2) is 6.31. The summed E-state index contributed by atoms with van der Waals surface area (Å²) in [7, 11) is 0. The van der Waals surface area contributed by atoms with Crippen molar-refractivity contribution in [2.75, 3.05) is 13.2 Å². The molecule has 1 amide bonds.